The Labute approximate surface area is 96.8 Å². The summed E-state index contributed by atoms with van der Waals surface area (Å²) in [7, 11) is 1.67. The molecule has 1 aliphatic rings. The number of ether oxygens (including phenoxy) is 2. The Bertz CT molecular complexity index is 346. The van der Waals surface area contributed by atoms with Crippen molar-refractivity contribution in [2.24, 2.45) is 0 Å². The minimum atomic E-state index is 0.477. The quantitative estimate of drug-likeness (QED) is 0.847. The summed E-state index contributed by atoms with van der Waals surface area (Å²) in [6.45, 7) is 3.76. The van der Waals surface area contributed by atoms with Gasteiger partial charge < -0.3 is 14.8 Å². The van der Waals surface area contributed by atoms with E-state index in [1.165, 1.54) is 18.4 Å². The van der Waals surface area contributed by atoms with Gasteiger partial charge in [-0.25, -0.2) is 0 Å². The first kappa shape index (κ1) is 11.3. The maximum atomic E-state index is 5.58. The first-order valence-corrected chi connectivity index (χ1v) is 5.89. The highest BCUT2D eigenvalue weighted by Gasteiger charge is 2.17. The van der Waals surface area contributed by atoms with Gasteiger partial charge in [0.2, 0.25) is 0 Å². The van der Waals surface area contributed by atoms with Crippen LogP contribution < -0.4 is 14.8 Å². The molecule has 1 aromatic carbocycles. The van der Waals surface area contributed by atoms with Crippen LogP contribution in [0.25, 0.3) is 0 Å². The normalized spacial score (nSPS) is 19.8. The smallest absolute Gasteiger partial charge is 0.161 e. The molecule has 2 rings (SSSR count). The van der Waals surface area contributed by atoms with Crippen molar-refractivity contribution in [3.63, 3.8) is 0 Å². The summed E-state index contributed by atoms with van der Waals surface area (Å²) in [6, 6.07) is 6.67. The molecule has 1 fully saturated rings. The summed E-state index contributed by atoms with van der Waals surface area (Å²) < 4.78 is 10.8. The predicted octanol–water partition coefficient (Wildman–Crippen LogP) is 2.52. The van der Waals surface area contributed by atoms with E-state index in [0.717, 1.165) is 18.0 Å². The SMILES string of the molecule is CCOc1cc(C2CCCN2)ccc1OC. The number of methoxy groups -OCH3 is 1. The molecule has 3 heteroatoms. The summed E-state index contributed by atoms with van der Waals surface area (Å²) in [5.74, 6) is 1.65. The summed E-state index contributed by atoms with van der Waals surface area (Å²) in [6.07, 6.45) is 2.46. The lowest BCUT2D eigenvalue weighted by Crippen LogP contribution is -2.13. The van der Waals surface area contributed by atoms with Gasteiger partial charge in [-0.15, -0.1) is 0 Å². The van der Waals surface area contributed by atoms with E-state index in [1.807, 2.05) is 13.0 Å². The molecule has 1 aliphatic heterocycles. The van der Waals surface area contributed by atoms with Crippen LogP contribution in [0.3, 0.4) is 0 Å². The van der Waals surface area contributed by atoms with E-state index in [0.29, 0.717) is 12.6 Å². The lowest BCUT2D eigenvalue weighted by molar-refractivity contribution is 0.310. The van der Waals surface area contributed by atoms with Crippen LogP contribution in [-0.4, -0.2) is 20.3 Å². The van der Waals surface area contributed by atoms with Crippen LogP contribution in [0, 0.1) is 0 Å². The highest BCUT2D eigenvalue weighted by atomic mass is 16.5. The molecule has 0 spiro atoms. The van der Waals surface area contributed by atoms with E-state index in [9.17, 15) is 0 Å². The zero-order valence-corrected chi connectivity index (χ0v) is 9.95. The minimum absolute atomic E-state index is 0.477. The topological polar surface area (TPSA) is 30.5 Å². The number of hydrogen-bond donors (Lipinski definition) is 1. The van der Waals surface area contributed by atoms with E-state index in [2.05, 4.69) is 17.4 Å². The summed E-state index contributed by atoms with van der Waals surface area (Å²) in [5.41, 5.74) is 1.29. The molecule has 3 nitrogen and oxygen atoms in total. The van der Waals surface area contributed by atoms with Crippen molar-refractivity contribution in [1.29, 1.82) is 0 Å². The lowest BCUT2D eigenvalue weighted by atomic mass is 10.0. The molecule has 16 heavy (non-hydrogen) atoms. The molecule has 0 aliphatic carbocycles. The Hall–Kier alpha value is -1.22. The van der Waals surface area contributed by atoms with Crippen LogP contribution in [0.4, 0.5) is 0 Å². The highest BCUT2D eigenvalue weighted by Crippen LogP contribution is 2.32. The third-order valence-corrected chi connectivity index (χ3v) is 2.95. The van der Waals surface area contributed by atoms with Gasteiger partial charge in [0.25, 0.3) is 0 Å². The third kappa shape index (κ3) is 2.30. The zero-order chi connectivity index (χ0) is 11.4. The number of rotatable bonds is 4. The van der Waals surface area contributed by atoms with Crippen molar-refractivity contribution in [3.8, 4) is 11.5 Å². The Morgan fingerprint density at radius 1 is 1.38 bits per heavy atom. The summed E-state index contributed by atoms with van der Waals surface area (Å²) in [5, 5.41) is 3.48. The maximum Gasteiger partial charge on any atom is 0.161 e. The molecule has 0 amide bonds. The van der Waals surface area contributed by atoms with Crippen molar-refractivity contribution < 1.29 is 9.47 Å². The molecule has 1 atom stereocenters. The second kappa shape index (κ2) is 5.21. The van der Waals surface area contributed by atoms with E-state index >= 15 is 0 Å². The monoisotopic (exact) mass is 221 g/mol. The van der Waals surface area contributed by atoms with E-state index in [-0.39, 0.29) is 0 Å². The second-order valence-electron chi connectivity index (χ2n) is 3.99. The Kier molecular flexibility index (Phi) is 3.67. The summed E-state index contributed by atoms with van der Waals surface area (Å²) >= 11 is 0. The first-order chi connectivity index (χ1) is 7.85. The van der Waals surface area contributed by atoms with E-state index in [4.69, 9.17) is 9.47 Å². The largest absolute Gasteiger partial charge is 0.493 e. The van der Waals surface area contributed by atoms with E-state index in [1.54, 1.807) is 7.11 Å². The van der Waals surface area contributed by atoms with Crippen LogP contribution >= 0.6 is 0 Å². The van der Waals surface area contributed by atoms with Gasteiger partial charge in [-0.2, -0.15) is 0 Å². The fourth-order valence-corrected chi connectivity index (χ4v) is 2.15. The van der Waals surface area contributed by atoms with Crippen LogP contribution in [0.2, 0.25) is 0 Å². The molecule has 0 radical (unpaired) electrons. The van der Waals surface area contributed by atoms with Gasteiger partial charge in [-0.1, -0.05) is 6.07 Å². The van der Waals surface area contributed by atoms with Crippen LogP contribution in [0.5, 0.6) is 11.5 Å². The maximum absolute atomic E-state index is 5.58. The first-order valence-electron chi connectivity index (χ1n) is 5.89. The van der Waals surface area contributed by atoms with Gasteiger partial charge in [0.1, 0.15) is 0 Å². The van der Waals surface area contributed by atoms with Crippen molar-refractivity contribution in [2.75, 3.05) is 20.3 Å². The van der Waals surface area contributed by atoms with Crippen molar-refractivity contribution in [1.82, 2.24) is 5.32 Å². The molecular formula is C13H19NO2. The molecule has 1 heterocycles. The minimum Gasteiger partial charge on any atom is -0.493 e. The number of nitrogens with one attached hydrogen (secondary N) is 1. The fourth-order valence-electron chi connectivity index (χ4n) is 2.15. The molecule has 88 valence electrons. The Balaban J connectivity index is 2.23. The molecule has 0 saturated carbocycles. The van der Waals surface area contributed by atoms with Gasteiger partial charge in [0, 0.05) is 6.04 Å². The van der Waals surface area contributed by atoms with Crippen LogP contribution in [-0.2, 0) is 0 Å². The van der Waals surface area contributed by atoms with E-state index < -0.39 is 0 Å². The van der Waals surface area contributed by atoms with Crippen molar-refractivity contribution in [3.05, 3.63) is 23.8 Å². The number of benzene rings is 1. The second-order valence-corrected chi connectivity index (χ2v) is 3.99. The van der Waals surface area contributed by atoms with Crippen LogP contribution in [0.15, 0.2) is 18.2 Å². The molecular weight excluding hydrogens is 202 g/mol. The molecule has 1 saturated heterocycles. The molecule has 1 unspecified atom stereocenters. The zero-order valence-electron chi connectivity index (χ0n) is 9.95. The van der Waals surface area contributed by atoms with Crippen molar-refractivity contribution >= 4 is 0 Å². The molecule has 0 bridgehead atoms. The lowest BCUT2D eigenvalue weighted by Gasteiger charge is -2.14. The van der Waals surface area contributed by atoms with Gasteiger partial charge in [-0.3, -0.25) is 0 Å². The van der Waals surface area contributed by atoms with Gasteiger partial charge in [0.15, 0.2) is 11.5 Å². The Morgan fingerprint density at radius 2 is 2.25 bits per heavy atom. The molecule has 1 N–H and O–H groups in total. The standard InChI is InChI=1S/C13H19NO2/c1-3-16-13-9-10(6-7-12(13)15-2)11-5-4-8-14-11/h6-7,9,11,14H,3-5,8H2,1-2H3. The Morgan fingerprint density at radius 3 is 2.88 bits per heavy atom. The summed E-state index contributed by atoms with van der Waals surface area (Å²) in [4.78, 5) is 0. The van der Waals surface area contributed by atoms with Gasteiger partial charge in [-0.05, 0) is 44.0 Å². The third-order valence-electron chi connectivity index (χ3n) is 2.95. The fraction of sp³-hybridized carbons (Fsp3) is 0.538. The average Bonchev–Trinajstić information content (AvgIpc) is 2.83. The molecule has 0 aromatic heterocycles. The van der Waals surface area contributed by atoms with Crippen molar-refractivity contribution in [2.45, 2.75) is 25.8 Å². The predicted molar refractivity (Wildman–Crippen MR) is 64.1 cm³/mol. The highest BCUT2D eigenvalue weighted by molar-refractivity contribution is 5.44. The number of hydrogen-bond acceptors (Lipinski definition) is 3. The van der Waals surface area contributed by atoms with Gasteiger partial charge in [0.05, 0.1) is 13.7 Å². The average molecular weight is 221 g/mol. The van der Waals surface area contributed by atoms with Crippen LogP contribution in [0.1, 0.15) is 31.4 Å². The molecule has 1 aromatic rings. The van der Waals surface area contributed by atoms with Gasteiger partial charge >= 0.3 is 0 Å².